The number of Topliss-reactive ketones (excluding diaryl/α,β-unsaturated/α-hetero) is 1. The Hall–Kier alpha value is -2.98. The number of thiazole rings is 1. The molecule has 2 amide bonds. The van der Waals surface area contributed by atoms with Crippen LogP contribution in [0.1, 0.15) is 40.7 Å². The number of urea groups is 1. The number of anilines is 2. The number of aliphatic hydroxyl groups is 1. The molecule has 1 aliphatic rings. The van der Waals surface area contributed by atoms with Gasteiger partial charge >= 0.3 is 6.03 Å². The van der Waals surface area contributed by atoms with Crippen LogP contribution in [0.15, 0.2) is 23.9 Å². The van der Waals surface area contributed by atoms with E-state index in [2.05, 4.69) is 20.6 Å². The van der Waals surface area contributed by atoms with Gasteiger partial charge in [0, 0.05) is 51.2 Å². The molecule has 0 aromatic carbocycles. The van der Waals surface area contributed by atoms with Crippen molar-refractivity contribution in [3.63, 3.8) is 0 Å². The number of nitrogens with zero attached hydrogens (tertiary/aromatic N) is 3. The number of allylic oxidation sites excluding steroid dienone is 1. The fourth-order valence-electron chi connectivity index (χ4n) is 3.20. The maximum Gasteiger partial charge on any atom is 0.323 e. The van der Waals surface area contributed by atoms with Crippen LogP contribution in [0.25, 0.3) is 5.76 Å². The van der Waals surface area contributed by atoms with E-state index in [0.29, 0.717) is 58.7 Å². The van der Waals surface area contributed by atoms with Gasteiger partial charge in [0.25, 0.3) is 0 Å². The molecule has 1 aliphatic carbocycles. The average molecular weight is 446 g/mol. The first-order valence-corrected chi connectivity index (χ1v) is 10.9. The number of methoxy groups -OCH3 is 1. The van der Waals surface area contributed by atoms with E-state index in [1.807, 2.05) is 6.92 Å². The monoisotopic (exact) mass is 445 g/mol. The summed E-state index contributed by atoms with van der Waals surface area (Å²) in [6, 6.07) is 3.20. The molecular weight excluding hydrogens is 418 g/mol. The molecule has 0 radical (unpaired) electrons. The second-order valence-electron chi connectivity index (χ2n) is 7.11. The SMILES string of the molecule is CCNc1ccc(C(O)=C2CCc3nc(NC(=O)N(C)CCCOC)sc3C2=O)cn1. The molecule has 0 aliphatic heterocycles. The number of ether oxygens (including phenoxy) is 1. The molecule has 166 valence electrons. The van der Waals surface area contributed by atoms with E-state index in [1.54, 1.807) is 37.4 Å². The first-order valence-electron chi connectivity index (χ1n) is 10.1. The minimum Gasteiger partial charge on any atom is -0.507 e. The van der Waals surface area contributed by atoms with Crippen molar-refractivity contribution < 1.29 is 19.4 Å². The van der Waals surface area contributed by atoms with Gasteiger partial charge in [-0.1, -0.05) is 11.3 Å². The second kappa shape index (κ2) is 10.4. The molecule has 0 fully saturated rings. The number of aliphatic hydroxyl groups excluding tert-OH is 1. The normalized spacial score (nSPS) is 14.7. The van der Waals surface area contributed by atoms with E-state index in [-0.39, 0.29) is 17.6 Å². The van der Waals surface area contributed by atoms with Gasteiger partial charge in [-0.25, -0.2) is 14.8 Å². The number of pyridine rings is 1. The van der Waals surface area contributed by atoms with E-state index < -0.39 is 0 Å². The van der Waals surface area contributed by atoms with Crippen molar-refractivity contribution in [2.45, 2.75) is 26.2 Å². The number of rotatable bonds is 8. The van der Waals surface area contributed by atoms with Crippen LogP contribution in [-0.4, -0.2) is 65.6 Å². The first kappa shape index (κ1) is 22.7. The largest absolute Gasteiger partial charge is 0.507 e. The van der Waals surface area contributed by atoms with Gasteiger partial charge in [0.1, 0.15) is 16.5 Å². The zero-order chi connectivity index (χ0) is 22.4. The summed E-state index contributed by atoms with van der Waals surface area (Å²) in [5, 5.41) is 16.9. The van der Waals surface area contributed by atoms with Crippen LogP contribution in [-0.2, 0) is 11.2 Å². The third-order valence-electron chi connectivity index (χ3n) is 4.87. The number of hydrogen-bond acceptors (Lipinski definition) is 8. The third kappa shape index (κ3) is 5.39. The molecule has 31 heavy (non-hydrogen) atoms. The molecule has 3 N–H and O–H groups in total. The summed E-state index contributed by atoms with van der Waals surface area (Å²) in [7, 11) is 3.31. The lowest BCUT2D eigenvalue weighted by atomic mass is 9.93. The summed E-state index contributed by atoms with van der Waals surface area (Å²) in [4.78, 5) is 36.0. The number of carbonyl (C=O) groups excluding carboxylic acids is 2. The average Bonchev–Trinajstić information content (AvgIpc) is 3.18. The number of aryl methyl sites for hydroxylation is 1. The maximum atomic E-state index is 13.0. The number of hydrogen-bond donors (Lipinski definition) is 3. The maximum absolute atomic E-state index is 13.0. The quantitative estimate of drug-likeness (QED) is 0.323. The molecule has 3 rings (SSSR count). The van der Waals surface area contributed by atoms with Crippen molar-refractivity contribution in [3.8, 4) is 0 Å². The third-order valence-corrected chi connectivity index (χ3v) is 5.88. The van der Waals surface area contributed by atoms with E-state index in [0.717, 1.165) is 24.3 Å². The van der Waals surface area contributed by atoms with Crippen molar-refractivity contribution in [3.05, 3.63) is 40.0 Å². The molecular formula is C21H27N5O4S. The zero-order valence-corrected chi connectivity index (χ0v) is 18.7. The van der Waals surface area contributed by atoms with Crippen molar-refractivity contribution in [1.29, 1.82) is 0 Å². The summed E-state index contributed by atoms with van der Waals surface area (Å²) in [6.45, 7) is 3.83. The van der Waals surface area contributed by atoms with Gasteiger partial charge in [0.15, 0.2) is 5.13 Å². The van der Waals surface area contributed by atoms with Crippen molar-refractivity contribution in [2.24, 2.45) is 0 Å². The second-order valence-corrected chi connectivity index (χ2v) is 8.11. The van der Waals surface area contributed by atoms with Crippen molar-refractivity contribution in [1.82, 2.24) is 14.9 Å². The molecule has 0 atom stereocenters. The van der Waals surface area contributed by atoms with Gasteiger partial charge < -0.3 is 20.1 Å². The highest BCUT2D eigenvalue weighted by atomic mass is 32.1. The Morgan fingerprint density at radius 1 is 1.35 bits per heavy atom. The Bertz CT molecular complexity index is 971. The van der Waals surface area contributed by atoms with Crippen LogP contribution >= 0.6 is 11.3 Å². The predicted octanol–water partition coefficient (Wildman–Crippen LogP) is 3.57. The molecule has 2 aromatic heterocycles. The standard InChI is InChI=1S/C21H27N5O4S/c1-4-22-16-9-6-13(12-23-16)17(27)14-7-8-15-19(18(14)28)31-20(24-15)25-21(29)26(2)10-5-11-30-3/h6,9,12,27H,4-5,7-8,10-11H2,1-3H3,(H,22,23)(H,24,25,29). The fraction of sp³-hybridized carbons (Fsp3) is 0.429. The summed E-state index contributed by atoms with van der Waals surface area (Å²) in [5.41, 5.74) is 1.47. The molecule has 2 aromatic rings. The van der Waals surface area contributed by atoms with Crippen LogP contribution in [0.5, 0.6) is 0 Å². The van der Waals surface area contributed by atoms with E-state index in [4.69, 9.17) is 4.74 Å². The molecule has 10 heteroatoms. The van der Waals surface area contributed by atoms with Crippen LogP contribution in [0, 0.1) is 0 Å². The van der Waals surface area contributed by atoms with Crippen LogP contribution in [0.2, 0.25) is 0 Å². The number of nitrogens with one attached hydrogen (secondary N) is 2. The van der Waals surface area contributed by atoms with Crippen LogP contribution in [0.3, 0.4) is 0 Å². The van der Waals surface area contributed by atoms with Crippen molar-refractivity contribution >= 4 is 39.9 Å². The summed E-state index contributed by atoms with van der Waals surface area (Å²) in [6.07, 6.45) is 3.16. The highest BCUT2D eigenvalue weighted by Crippen LogP contribution is 2.34. The summed E-state index contributed by atoms with van der Waals surface area (Å²) in [5.74, 6) is 0.375. The Kier molecular flexibility index (Phi) is 7.59. The fourth-order valence-corrected chi connectivity index (χ4v) is 4.17. The minimum atomic E-state index is -0.292. The summed E-state index contributed by atoms with van der Waals surface area (Å²) >= 11 is 1.13. The number of aromatic nitrogens is 2. The van der Waals surface area contributed by atoms with Gasteiger partial charge in [-0.15, -0.1) is 0 Å². The summed E-state index contributed by atoms with van der Waals surface area (Å²) < 4.78 is 5.00. The first-order chi connectivity index (χ1) is 14.9. The number of fused-ring (bicyclic) bond motifs is 1. The van der Waals surface area contributed by atoms with Crippen LogP contribution in [0.4, 0.5) is 15.7 Å². The molecule has 0 saturated carbocycles. The van der Waals surface area contributed by atoms with Gasteiger partial charge in [-0.05, 0) is 38.3 Å². The van der Waals surface area contributed by atoms with E-state index in [9.17, 15) is 14.7 Å². The molecule has 0 saturated heterocycles. The molecule has 2 heterocycles. The smallest absolute Gasteiger partial charge is 0.323 e. The molecule has 0 unspecified atom stereocenters. The van der Waals surface area contributed by atoms with Gasteiger partial charge in [-0.2, -0.15) is 0 Å². The topological polar surface area (TPSA) is 117 Å². The lowest BCUT2D eigenvalue weighted by molar-refractivity contribution is 0.102. The molecule has 9 nitrogen and oxygen atoms in total. The Labute approximate surface area is 185 Å². The lowest BCUT2D eigenvalue weighted by Crippen LogP contribution is -2.32. The van der Waals surface area contributed by atoms with E-state index >= 15 is 0 Å². The molecule has 0 bridgehead atoms. The minimum absolute atomic E-state index is 0.0666. The zero-order valence-electron chi connectivity index (χ0n) is 17.9. The number of amides is 2. The Morgan fingerprint density at radius 3 is 2.84 bits per heavy atom. The van der Waals surface area contributed by atoms with Gasteiger partial charge in [0.2, 0.25) is 5.78 Å². The lowest BCUT2D eigenvalue weighted by Gasteiger charge is -2.16. The Balaban J connectivity index is 1.73. The number of ketones is 1. The van der Waals surface area contributed by atoms with Gasteiger partial charge in [-0.3, -0.25) is 10.1 Å². The highest BCUT2D eigenvalue weighted by molar-refractivity contribution is 7.18. The molecule has 0 spiro atoms. The van der Waals surface area contributed by atoms with Crippen molar-refractivity contribution in [2.75, 3.05) is 44.5 Å². The highest BCUT2D eigenvalue weighted by Gasteiger charge is 2.30. The van der Waals surface area contributed by atoms with E-state index in [1.165, 1.54) is 0 Å². The number of carbonyl (C=O) groups is 2. The van der Waals surface area contributed by atoms with Crippen LogP contribution < -0.4 is 10.6 Å². The van der Waals surface area contributed by atoms with Gasteiger partial charge in [0.05, 0.1) is 5.69 Å². The Morgan fingerprint density at radius 2 is 2.16 bits per heavy atom. The predicted molar refractivity (Wildman–Crippen MR) is 121 cm³/mol.